The molecule has 0 radical (unpaired) electrons. The Morgan fingerprint density at radius 1 is 0.933 bits per heavy atom. The summed E-state index contributed by atoms with van der Waals surface area (Å²) < 4.78 is 7.38. The number of non-ortho nitro benzene ring substituents is 1. The molecule has 3 aromatic carbocycles. The van der Waals surface area contributed by atoms with Crippen LogP contribution in [0.3, 0.4) is 0 Å². The number of rotatable bonds is 4. The first-order valence-electron chi connectivity index (χ1n) is 9.12. The highest BCUT2D eigenvalue weighted by Gasteiger charge is 2.14. The van der Waals surface area contributed by atoms with Gasteiger partial charge in [-0.25, -0.2) is 4.52 Å². The molecule has 0 amide bonds. The van der Waals surface area contributed by atoms with Gasteiger partial charge in [0, 0.05) is 23.8 Å². The summed E-state index contributed by atoms with van der Waals surface area (Å²) in [4.78, 5) is 25.6. The molecule has 0 saturated carbocycles. The topological polar surface area (TPSA) is 103 Å². The summed E-state index contributed by atoms with van der Waals surface area (Å²) in [7, 11) is 0. The van der Waals surface area contributed by atoms with Crippen molar-refractivity contribution in [1.29, 1.82) is 0 Å². The van der Waals surface area contributed by atoms with E-state index in [1.54, 1.807) is 10.6 Å². The highest BCUT2D eigenvalue weighted by molar-refractivity contribution is 5.83. The van der Waals surface area contributed by atoms with Gasteiger partial charge in [-0.3, -0.25) is 14.9 Å². The van der Waals surface area contributed by atoms with Crippen molar-refractivity contribution in [2.45, 2.75) is 0 Å². The van der Waals surface area contributed by atoms with Crippen molar-refractivity contribution in [1.82, 2.24) is 14.6 Å². The van der Waals surface area contributed by atoms with Gasteiger partial charge in [0.2, 0.25) is 0 Å². The summed E-state index contributed by atoms with van der Waals surface area (Å²) in [6, 6.07) is 22.8. The second-order valence-electron chi connectivity index (χ2n) is 6.68. The average Bonchev–Trinajstić information content (AvgIpc) is 3.19. The molecule has 8 nitrogen and oxygen atoms in total. The Bertz CT molecular complexity index is 1450. The number of aromatic nitrogens is 3. The van der Waals surface area contributed by atoms with E-state index in [-0.39, 0.29) is 11.1 Å². The van der Waals surface area contributed by atoms with Gasteiger partial charge < -0.3 is 9.72 Å². The largest absolute Gasteiger partial charge is 0.457 e. The summed E-state index contributed by atoms with van der Waals surface area (Å²) in [5, 5.41) is 15.8. The van der Waals surface area contributed by atoms with Gasteiger partial charge in [-0.1, -0.05) is 18.2 Å². The number of H-pyrrole nitrogens is 1. The fourth-order valence-corrected chi connectivity index (χ4v) is 3.30. The van der Waals surface area contributed by atoms with Crippen LogP contribution >= 0.6 is 0 Å². The first kappa shape index (κ1) is 17.6. The fraction of sp³-hybridized carbons (Fsp3) is 0. The molecule has 5 aromatic rings. The summed E-state index contributed by atoms with van der Waals surface area (Å²) in [5.74, 6) is 1.44. The molecule has 1 N–H and O–H groups in total. The maximum Gasteiger partial charge on any atom is 0.270 e. The Hall–Kier alpha value is -4.46. The van der Waals surface area contributed by atoms with Crippen molar-refractivity contribution in [3.05, 3.63) is 99.3 Å². The first-order valence-corrected chi connectivity index (χ1v) is 9.12. The number of nitro groups is 1. The zero-order valence-electron chi connectivity index (χ0n) is 15.5. The quantitative estimate of drug-likeness (QED) is 0.354. The number of nitrogens with one attached hydrogen (secondary N) is 1. The lowest BCUT2D eigenvalue weighted by Gasteiger charge is -2.05. The van der Waals surface area contributed by atoms with Gasteiger partial charge in [-0.05, 0) is 42.5 Å². The lowest BCUT2D eigenvalue weighted by atomic mass is 10.1. The number of hydrogen-bond acceptors (Lipinski definition) is 5. The van der Waals surface area contributed by atoms with Crippen LogP contribution in [0.4, 0.5) is 5.69 Å². The Kier molecular flexibility index (Phi) is 4.03. The maximum absolute atomic E-state index is 12.4. The highest BCUT2D eigenvalue weighted by Crippen LogP contribution is 2.26. The molecule has 0 spiro atoms. The molecule has 0 saturated heterocycles. The van der Waals surface area contributed by atoms with Crippen molar-refractivity contribution >= 4 is 22.2 Å². The molecule has 0 bridgehead atoms. The van der Waals surface area contributed by atoms with Gasteiger partial charge in [0.05, 0.1) is 21.5 Å². The third kappa shape index (κ3) is 3.06. The van der Waals surface area contributed by atoms with Gasteiger partial charge in [-0.15, -0.1) is 0 Å². The minimum Gasteiger partial charge on any atom is -0.457 e. The zero-order chi connectivity index (χ0) is 20.7. The second-order valence-corrected chi connectivity index (χ2v) is 6.68. The van der Waals surface area contributed by atoms with Crippen LogP contribution in [0.2, 0.25) is 0 Å². The minimum atomic E-state index is -0.531. The lowest BCUT2D eigenvalue weighted by Crippen LogP contribution is -2.10. The van der Waals surface area contributed by atoms with E-state index in [2.05, 4.69) is 10.1 Å². The van der Waals surface area contributed by atoms with Crippen molar-refractivity contribution in [2.75, 3.05) is 0 Å². The smallest absolute Gasteiger partial charge is 0.270 e. The van der Waals surface area contributed by atoms with Crippen molar-refractivity contribution in [3.8, 4) is 22.8 Å². The summed E-state index contributed by atoms with van der Waals surface area (Å²) in [6.45, 7) is 0. The molecule has 0 aliphatic carbocycles. The van der Waals surface area contributed by atoms with E-state index in [1.165, 1.54) is 18.2 Å². The zero-order valence-corrected chi connectivity index (χ0v) is 15.5. The van der Waals surface area contributed by atoms with Crippen LogP contribution in [0.25, 0.3) is 27.8 Å². The van der Waals surface area contributed by atoms with E-state index in [1.807, 2.05) is 54.6 Å². The Balaban J connectivity index is 1.54. The average molecular weight is 398 g/mol. The van der Waals surface area contributed by atoms with Crippen LogP contribution < -0.4 is 10.3 Å². The van der Waals surface area contributed by atoms with Gasteiger partial charge in [0.25, 0.3) is 11.2 Å². The number of nitrogens with zero attached hydrogens (tertiary/aromatic N) is 3. The number of benzene rings is 3. The normalized spacial score (nSPS) is 11.1. The van der Waals surface area contributed by atoms with E-state index in [4.69, 9.17) is 4.74 Å². The molecule has 30 heavy (non-hydrogen) atoms. The van der Waals surface area contributed by atoms with Gasteiger partial charge in [0.1, 0.15) is 17.1 Å². The van der Waals surface area contributed by atoms with Crippen molar-refractivity contribution < 1.29 is 9.66 Å². The van der Waals surface area contributed by atoms with Gasteiger partial charge in [-0.2, -0.15) is 5.10 Å². The summed E-state index contributed by atoms with van der Waals surface area (Å²) in [5.41, 5.74) is 1.95. The number of fused-ring (bicyclic) bond motifs is 3. The molecule has 0 fully saturated rings. The van der Waals surface area contributed by atoms with Crippen LogP contribution in [0, 0.1) is 10.1 Å². The molecule has 0 aliphatic rings. The summed E-state index contributed by atoms with van der Waals surface area (Å²) >= 11 is 0. The second kappa shape index (κ2) is 6.85. The Morgan fingerprint density at radius 2 is 1.67 bits per heavy atom. The number of aromatic amines is 1. The van der Waals surface area contributed by atoms with Crippen LogP contribution in [0.15, 0.2) is 83.7 Å². The number of nitro benzene ring substituents is 1. The van der Waals surface area contributed by atoms with Crippen LogP contribution in [0.5, 0.6) is 11.5 Å². The van der Waals surface area contributed by atoms with E-state index in [0.29, 0.717) is 22.6 Å². The first-order chi connectivity index (χ1) is 14.6. The predicted octanol–water partition coefficient (Wildman–Crippen LogP) is 4.54. The molecule has 0 aliphatic heterocycles. The lowest BCUT2D eigenvalue weighted by molar-refractivity contribution is -0.384. The highest BCUT2D eigenvalue weighted by atomic mass is 16.6. The van der Waals surface area contributed by atoms with Gasteiger partial charge in [0.15, 0.2) is 0 Å². The number of hydrogen-bond donors (Lipinski definition) is 1. The third-order valence-electron chi connectivity index (χ3n) is 4.74. The van der Waals surface area contributed by atoms with Crippen LogP contribution in [0.1, 0.15) is 0 Å². The number of ether oxygens (including phenoxy) is 1. The molecule has 2 heterocycles. The third-order valence-corrected chi connectivity index (χ3v) is 4.74. The van der Waals surface area contributed by atoms with Crippen molar-refractivity contribution in [3.63, 3.8) is 0 Å². The number of para-hydroxylation sites is 1. The van der Waals surface area contributed by atoms with E-state index in [0.717, 1.165) is 11.3 Å². The van der Waals surface area contributed by atoms with E-state index >= 15 is 0 Å². The Morgan fingerprint density at radius 3 is 2.40 bits per heavy atom. The fourth-order valence-electron chi connectivity index (χ4n) is 3.30. The monoisotopic (exact) mass is 398 g/mol. The molecule has 5 rings (SSSR count). The van der Waals surface area contributed by atoms with Gasteiger partial charge >= 0.3 is 0 Å². The van der Waals surface area contributed by atoms with E-state index < -0.39 is 10.5 Å². The molecule has 8 heteroatoms. The van der Waals surface area contributed by atoms with Crippen molar-refractivity contribution in [2.24, 2.45) is 0 Å². The predicted molar refractivity (Wildman–Crippen MR) is 112 cm³/mol. The maximum atomic E-state index is 12.4. The SMILES string of the molecule is O=c1[nH]c2cc(-c3ccc(Oc4ccccc4)cc3)nn2c2ccc([N+](=O)[O-])cc12. The Labute approximate surface area is 169 Å². The summed E-state index contributed by atoms with van der Waals surface area (Å²) in [6.07, 6.45) is 0. The molecule has 2 aromatic heterocycles. The molecule has 146 valence electrons. The molecular weight excluding hydrogens is 384 g/mol. The van der Waals surface area contributed by atoms with Crippen LogP contribution in [-0.2, 0) is 0 Å². The van der Waals surface area contributed by atoms with E-state index in [9.17, 15) is 14.9 Å². The molecule has 0 unspecified atom stereocenters. The molecule has 0 atom stereocenters. The minimum absolute atomic E-state index is 0.145. The molecular formula is C22H14N4O4. The van der Waals surface area contributed by atoms with Crippen LogP contribution in [-0.4, -0.2) is 19.5 Å². The standard InChI is InChI=1S/C22H14N4O4/c27-22-18-12-15(26(28)29)8-11-20(18)25-21(23-22)13-19(24-25)14-6-9-17(10-7-14)30-16-4-2-1-3-5-16/h1-13H,(H,23,27).